The minimum atomic E-state index is 0.420. The van der Waals surface area contributed by atoms with Gasteiger partial charge in [-0.25, -0.2) is 0 Å². The quantitative estimate of drug-likeness (QED) is 0.647. The lowest BCUT2D eigenvalue weighted by atomic mass is 10.3. The van der Waals surface area contributed by atoms with E-state index in [0.29, 0.717) is 30.4 Å². The molecule has 0 aromatic heterocycles. The molecule has 20 heavy (non-hydrogen) atoms. The molecule has 2 N–H and O–H groups in total. The zero-order valence-corrected chi connectivity index (χ0v) is 12.7. The third kappa shape index (κ3) is 4.06. The van der Waals surface area contributed by atoms with Crippen LogP contribution in [-0.4, -0.2) is 20.3 Å². The molecule has 0 fully saturated rings. The van der Waals surface area contributed by atoms with Crippen molar-refractivity contribution in [1.82, 2.24) is 0 Å². The molecule has 0 saturated heterocycles. The van der Waals surface area contributed by atoms with E-state index in [4.69, 9.17) is 19.9 Å². The topological polar surface area (TPSA) is 53.7 Å². The fourth-order valence-electron chi connectivity index (χ4n) is 1.65. The second-order valence-corrected chi connectivity index (χ2v) is 4.97. The highest BCUT2D eigenvalue weighted by molar-refractivity contribution is 9.10. The Labute approximate surface area is 126 Å². The Bertz CT molecular complexity index is 575. The molecule has 106 valence electrons. The van der Waals surface area contributed by atoms with Crippen LogP contribution in [0.2, 0.25) is 0 Å². The van der Waals surface area contributed by atoms with Crippen molar-refractivity contribution < 1.29 is 14.2 Å². The molecule has 0 amide bonds. The maximum atomic E-state index is 5.86. The Morgan fingerprint density at radius 2 is 1.80 bits per heavy atom. The number of benzene rings is 2. The molecule has 4 nitrogen and oxygen atoms in total. The molecule has 2 rings (SSSR count). The number of hydrogen-bond acceptors (Lipinski definition) is 4. The fraction of sp³-hybridized carbons (Fsp3) is 0.200. The lowest BCUT2D eigenvalue weighted by Crippen LogP contribution is -2.10. The molecule has 0 radical (unpaired) electrons. The van der Waals surface area contributed by atoms with Crippen LogP contribution in [0.25, 0.3) is 0 Å². The largest absolute Gasteiger partial charge is 0.497 e. The molecular formula is C15H16BrNO3. The lowest BCUT2D eigenvalue weighted by molar-refractivity contribution is 0.217. The number of methoxy groups -OCH3 is 1. The minimum Gasteiger partial charge on any atom is -0.497 e. The average Bonchev–Trinajstić information content (AvgIpc) is 2.45. The normalized spacial score (nSPS) is 10.1. The molecule has 0 spiro atoms. The Balaban J connectivity index is 1.81. The number of ether oxygens (including phenoxy) is 3. The zero-order valence-electron chi connectivity index (χ0n) is 11.1. The second kappa shape index (κ2) is 7.05. The van der Waals surface area contributed by atoms with Crippen molar-refractivity contribution >= 4 is 21.6 Å². The van der Waals surface area contributed by atoms with Crippen LogP contribution in [-0.2, 0) is 0 Å². The summed E-state index contributed by atoms with van der Waals surface area (Å²) in [6.07, 6.45) is 0. The van der Waals surface area contributed by atoms with Gasteiger partial charge in [-0.3, -0.25) is 0 Å². The van der Waals surface area contributed by atoms with Crippen LogP contribution in [0.5, 0.6) is 17.2 Å². The maximum Gasteiger partial charge on any atom is 0.142 e. The second-order valence-electron chi connectivity index (χ2n) is 4.06. The van der Waals surface area contributed by atoms with E-state index in [1.165, 1.54) is 0 Å². The molecule has 2 aromatic carbocycles. The Hall–Kier alpha value is -1.88. The summed E-state index contributed by atoms with van der Waals surface area (Å²) in [6, 6.07) is 13.0. The summed E-state index contributed by atoms with van der Waals surface area (Å²) >= 11 is 3.39. The van der Waals surface area contributed by atoms with Crippen LogP contribution in [0.15, 0.2) is 46.9 Å². The van der Waals surface area contributed by atoms with Gasteiger partial charge in [0.25, 0.3) is 0 Å². The number of anilines is 1. The van der Waals surface area contributed by atoms with Crippen LogP contribution in [0.1, 0.15) is 0 Å². The number of halogens is 1. The van der Waals surface area contributed by atoms with Gasteiger partial charge in [-0.2, -0.15) is 0 Å². The first-order valence-corrected chi connectivity index (χ1v) is 6.93. The summed E-state index contributed by atoms with van der Waals surface area (Å²) in [7, 11) is 1.60. The maximum absolute atomic E-state index is 5.86. The van der Waals surface area contributed by atoms with Crippen molar-refractivity contribution in [2.24, 2.45) is 0 Å². The summed E-state index contributed by atoms with van der Waals surface area (Å²) in [5, 5.41) is 0. The van der Waals surface area contributed by atoms with E-state index >= 15 is 0 Å². The SMILES string of the molecule is COc1ccc(OCCOc2cccc(Br)c2)c(N)c1. The highest BCUT2D eigenvalue weighted by atomic mass is 79.9. The van der Waals surface area contributed by atoms with E-state index in [0.717, 1.165) is 10.2 Å². The summed E-state index contributed by atoms with van der Waals surface area (Å²) in [5.41, 5.74) is 6.41. The lowest BCUT2D eigenvalue weighted by Gasteiger charge is -2.11. The molecule has 5 heteroatoms. The molecule has 0 aliphatic rings. The first kappa shape index (κ1) is 14.5. The fourth-order valence-corrected chi connectivity index (χ4v) is 2.03. The predicted octanol–water partition coefficient (Wildman–Crippen LogP) is 3.50. The van der Waals surface area contributed by atoms with E-state index < -0.39 is 0 Å². The summed E-state index contributed by atoms with van der Waals surface area (Å²) in [4.78, 5) is 0. The molecular weight excluding hydrogens is 322 g/mol. The minimum absolute atomic E-state index is 0.420. The van der Waals surface area contributed by atoms with Crippen LogP contribution in [0, 0.1) is 0 Å². The molecule has 2 aromatic rings. The first-order chi connectivity index (χ1) is 9.69. The van der Waals surface area contributed by atoms with E-state index in [2.05, 4.69) is 15.9 Å². The molecule has 0 unspecified atom stereocenters. The summed E-state index contributed by atoms with van der Waals surface area (Å²) < 4.78 is 17.2. The average molecular weight is 338 g/mol. The van der Waals surface area contributed by atoms with E-state index in [9.17, 15) is 0 Å². The van der Waals surface area contributed by atoms with Gasteiger partial charge in [-0.15, -0.1) is 0 Å². The van der Waals surface area contributed by atoms with Crippen molar-refractivity contribution in [2.45, 2.75) is 0 Å². The highest BCUT2D eigenvalue weighted by Crippen LogP contribution is 2.26. The van der Waals surface area contributed by atoms with Gasteiger partial charge in [0, 0.05) is 10.5 Å². The monoisotopic (exact) mass is 337 g/mol. The predicted molar refractivity (Wildman–Crippen MR) is 82.5 cm³/mol. The summed E-state index contributed by atoms with van der Waals surface area (Å²) in [6.45, 7) is 0.866. The van der Waals surface area contributed by atoms with Crippen molar-refractivity contribution in [3.8, 4) is 17.2 Å². The number of nitrogens with two attached hydrogens (primary N) is 1. The Morgan fingerprint density at radius 1 is 1.00 bits per heavy atom. The molecule has 0 heterocycles. The van der Waals surface area contributed by atoms with Crippen LogP contribution >= 0.6 is 15.9 Å². The molecule has 0 bridgehead atoms. The zero-order chi connectivity index (χ0) is 14.4. The number of hydrogen-bond donors (Lipinski definition) is 1. The van der Waals surface area contributed by atoms with Gasteiger partial charge >= 0.3 is 0 Å². The van der Waals surface area contributed by atoms with Crippen molar-refractivity contribution in [3.63, 3.8) is 0 Å². The Morgan fingerprint density at radius 3 is 2.50 bits per heavy atom. The Kier molecular flexibility index (Phi) is 5.12. The molecule has 0 saturated carbocycles. The van der Waals surface area contributed by atoms with Crippen molar-refractivity contribution in [1.29, 1.82) is 0 Å². The van der Waals surface area contributed by atoms with Crippen molar-refractivity contribution in [3.05, 3.63) is 46.9 Å². The summed E-state index contributed by atoms with van der Waals surface area (Å²) in [5.74, 6) is 2.13. The van der Waals surface area contributed by atoms with Gasteiger partial charge in [-0.1, -0.05) is 22.0 Å². The first-order valence-electron chi connectivity index (χ1n) is 6.14. The van der Waals surface area contributed by atoms with Gasteiger partial charge in [-0.05, 0) is 30.3 Å². The van der Waals surface area contributed by atoms with Gasteiger partial charge in [0.1, 0.15) is 30.5 Å². The third-order valence-corrected chi connectivity index (χ3v) is 3.12. The third-order valence-electron chi connectivity index (χ3n) is 2.62. The molecule has 0 aliphatic heterocycles. The number of rotatable bonds is 6. The van der Waals surface area contributed by atoms with Gasteiger partial charge in [0.05, 0.1) is 12.8 Å². The highest BCUT2D eigenvalue weighted by Gasteiger charge is 2.02. The standard InChI is InChI=1S/C15H16BrNO3/c1-18-12-5-6-15(14(17)10-12)20-8-7-19-13-4-2-3-11(16)9-13/h2-6,9-10H,7-8,17H2,1H3. The molecule has 0 atom stereocenters. The number of nitrogen functional groups attached to an aromatic ring is 1. The molecule has 0 aliphatic carbocycles. The van der Waals surface area contributed by atoms with Gasteiger partial charge in [0.2, 0.25) is 0 Å². The van der Waals surface area contributed by atoms with Gasteiger partial charge in [0.15, 0.2) is 0 Å². The smallest absolute Gasteiger partial charge is 0.142 e. The van der Waals surface area contributed by atoms with Crippen molar-refractivity contribution in [2.75, 3.05) is 26.1 Å². The van der Waals surface area contributed by atoms with Crippen LogP contribution < -0.4 is 19.9 Å². The van der Waals surface area contributed by atoms with Crippen LogP contribution in [0.4, 0.5) is 5.69 Å². The van der Waals surface area contributed by atoms with E-state index in [1.807, 2.05) is 24.3 Å². The van der Waals surface area contributed by atoms with Gasteiger partial charge < -0.3 is 19.9 Å². The van der Waals surface area contributed by atoms with Crippen LogP contribution in [0.3, 0.4) is 0 Å². The van der Waals surface area contributed by atoms with E-state index in [-0.39, 0.29) is 0 Å². The van der Waals surface area contributed by atoms with E-state index in [1.54, 1.807) is 25.3 Å².